The fraction of sp³-hybridized carbons (Fsp3) is 0.778. The molecule has 0 saturated carbocycles. The molecule has 0 aliphatic heterocycles. The molecular weight excluding hydrogens is 700 g/mol. The molecule has 55 heavy (non-hydrogen) atoms. The SMILES string of the molecule is C=CC(=O)OC(/C=C/CCCCCC)C(O)CCCCCCCC(=O)OCCCOC(=O)CCCCCCCC(OC(=O)C=C)C(O)CCCCCCCC. The lowest BCUT2D eigenvalue weighted by Crippen LogP contribution is -2.31. The Morgan fingerprint density at radius 1 is 0.527 bits per heavy atom. The van der Waals surface area contributed by atoms with Crippen molar-refractivity contribution in [1.82, 2.24) is 0 Å². The highest BCUT2D eigenvalue weighted by atomic mass is 16.6. The monoisotopic (exact) mass is 779 g/mol. The molecule has 0 saturated heterocycles. The van der Waals surface area contributed by atoms with Crippen LogP contribution in [0.15, 0.2) is 37.5 Å². The van der Waals surface area contributed by atoms with Crippen molar-refractivity contribution >= 4 is 23.9 Å². The molecule has 0 aromatic carbocycles. The second kappa shape index (κ2) is 37.9. The Kier molecular flexibility index (Phi) is 35.9. The summed E-state index contributed by atoms with van der Waals surface area (Å²) in [6, 6.07) is 0. The van der Waals surface area contributed by atoms with Gasteiger partial charge < -0.3 is 29.2 Å². The highest BCUT2D eigenvalue weighted by molar-refractivity contribution is 5.81. The molecule has 0 aliphatic rings. The van der Waals surface area contributed by atoms with Crippen molar-refractivity contribution in [3.05, 3.63) is 37.5 Å². The Bertz CT molecular complexity index is 1030. The van der Waals surface area contributed by atoms with Crippen LogP contribution in [0.5, 0.6) is 0 Å². The fourth-order valence-corrected chi connectivity index (χ4v) is 6.23. The third kappa shape index (κ3) is 32.9. The van der Waals surface area contributed by atoms with Crippen LogP contribution in [0.1, 0.15) is 187 Å². The number of carbonyl (C=O) groups is 4. The third-order valence-electron chi connectivity index (χ3n) is 9.63. The summed E-state index contributed by atoms with van der Waals surface area (Å²) < 4.78 is 21.3. The molecular formula is C45H78O10. The number of allylic oxidation sites excluding steroid dienone is 1. The molecule has 10 nitrogen and oxygen atoms in total. The van der Waals surface area contributed by atoms with Gasteiger partial charge in [0.1, 0.15) is 12.2 Å². The first-order valence-corrected chi connectivity index (χ1v) is 21.7. The first-order valence-electron chi connectivity index (χ1n) is 21.7. The molecule has 0 amide bonds. The largest absolute Gasteiger partial charge is 0.466 e. The van der Waals surface area contributed by atoms with Gasteiger partial charge in [0.25, 0.3) is 0 Å². The highest BCUT2D eigenvalue weighted by Crippen LogP contribution is 2.19. The Balaban J connectivity index is 3.95. The van der Waals surface area contributed by atoms with Crippen LogP contribution in [0.2, 0.25) is 0 Å². The van der Waals surface area contributed by atoms with Crippen molar-refractivity contribution < 1.29 is 48.3 Å². The summed E-state index contributed by atoms with van der Waals surface area (Å²) in [5.74, 6) is -1.56. The van der Waals surface area contributed by atoms with E-state index in [4.69, 9.17) is 18.9 Å². The van der Waals surface area contributed by atoms with Crippen molar-refractivity contribution in [2.24, 2.45) is 0 Å². The van der Waals surface area contributed by atoms with Crippen molar-refractivity contribution in [3.8, 4) is 0 Å². The van der Waals surface area contributed by atoms with Gasteiger partial charge in [0.2, 0.25) is 0 Å². The topological polar surface area (TPSA) is 146 Å². The zero-order valence-electron chi connectivity index (χ0n) is 34.7. The summed E-state index contributed by atoms with van der Waals surface area (Å²) in [4.78, 5) is 47.7. The van der Waals surface area contributed by atoms with Crippen molar-refractivity contribution in [3.63, 3.8) is 0 Å². The second-order valence-electron chi connectivity index (χ2n) is 14.7. The summed E-state index contributed by atoms with van der Waals surface area (Å²) in [6.45, 7) is 11.7. The Morgan fingerprint density at radius 3 is 1.49 bits per heavy atom. The van der Waals surface area contributed by atoms with E-state index in [9.17, 15) is 29.4 Å². The van der Waals surface area contributed by atoms with Gasteiger partial charge in [-0.05, 0) is 57.4 Å². The Morgan fingerprint density at radius 2 is 0.964 bits per heavy atom. The van der Waals surface area contributed by atoms with E-state index >= 15 is 0 Å². The average molecular weight is 779 g/mol. The van der Waals surface area contributed by atoms with Crippen LogP contribution in [0.4, 0.5) is 0 Å². The predicted octanol–water partition coefficient (Wildman–Crippen LogP) is 10.1. The predicted molar refractivity (Wildman–Crippen MR) is 219 cm³/mol. The Hall–Kier alpha value is -2.98. The standard InChI is InChI=1S/C45H78O10/c1-5-9-11-13-17-23-30-38(46)41(55-43(49)8-4)33-26-20-16-22-28-35-45(51)53-37-29-36-52-44(50)34-27-21-15-18-24-31-39(47)40(54-42(48)7-3)32-25-19-14-12-10-6-2/h7-8,25,32,38-41,46-47H,3-6,9-24,26-31,33-37H2,1-2H3/b32-25+. The second-order valence-corrected chi connectivity index (χ2v) is 14.7. The maximum absolute atomic E-state index is 12.1. The van der Waals surface area contributed by atoms with E-state index < -0.39 is 36.4 Å². The van der Waals surface area contributed by atoms with Crippen LogP contribution in [-0.2, 0) is 38.1 Å². The number of aliphatic hydroxyl groups excluding tert-OH is 2. The van der Waals surface area contributed by atoms with Gasteiger partial charge in [-0.3, -0.25) is 9.59 Å². The number of carbonyl (C=O) groups excluding carboxylic acids is 4. The maximum atomic E-state index is 12.1. The molecule has 2 N–H and O–H groups in total. The molecule has 0 fully saturated rings. The molecule has 0 bridgehead atoms. The van der Waals surface area contributed by atoms with Crippen LogP contribution < -0.4 is 0 Å². The fourth-order valence-electron chi connectivity index (χ4n) is 6.23. The molecule has 10 heteroatoms. The van der Waals surface area contributed by atoms with E-state index in [0.717, 1.165) is 108 Å². The van der Waals surface area contributed by atoms with E-state index in [1.807, 2.05) is 6.08 Å². The van der Waals surface area contributed by atoms with Gasteiger partial charge in [-0.1, -0.05) is 136 Å². The third-order valence-corrected chi connectivity index (χ3v) is 9.63. The molecule has 0 aliphatic carbocycles. The number of ether oxygens (including phenoxy) is 4. The lowest BCUT2D eigenvalue weighted by atomic mass is 9.99. The van der Waals surface area contributed by atoms with E-state index in [0.29, 0.717) is 38.5 Å². The zero-order valence-corrected chi connectivity index (χ0v) is 34.7. The molecule has 0 radical (unpaired) electrons. The lowest BCUT2D eigenvalue weighted by molar-refractivity contribution is -0.150. The summed E-state index contributed by atoms with van der Waals surface area (Å²) in [5, 5.41) is 21.2. The van der Waals surface area contributed by atoms with Gasteiger partial charge in [-0.25, -0.2) is 9.59 Å². The van der Waals surface area contributed by atoms with Crippen LogP contribution in [0.25, 0.3) is 0 Å². The molecule has 0 heterocycles. The number of hydrogen-bond acceptors (Lipinski definition) is 10. The minimum Gasteiger partial charge on any atom is -0.466 e. The molecule has 4 atom stereocenters. The zero-order chi connectivity index (χ0) is 40.8. The van der Waals surface area contributed by atoms with Gasteiger partial charge in [0.15, 0.2) is 0 Å². The molecule has 4 unspecified atom stereocenters. The van der Waals surface area contributed by atoms with E-state index in [2.05, 4.69) is 27.0 Å². The quantitative estimate of drug-likeness (QED) is 0.0203. The van der Waals surface area contributed by atoms with Gasteiger partial charge in [-0.2, -0.15) is 0 Å². The van der Waals surface area contributed by atoms with E-state index in [1.54, 1.807) is 6.08 Å². The van der Waals surface area contributed by atoms with Crippen molar-refractivity contribution in [1.29, 1.82) is 0 Å². The number of aliphatic hydroxyl groups is 2. The van der Waals surface area contributed by atoms with Crippen LogP contribution in [-0.4, -0.2) is 71.7 Å². The van der Waals surface area contributed by atoms with Gasteiger partial charge in [-0.15, -0.1) is 0 Å². The number of hydrogen-bond donors (Lipinski definition) is 2. The highest BCUT2D eigenvalue weighted by Gasteiger charge is 2.22. The van der Waals surface area contributed by atoms with Gasteiger partial charge in [0, 0.05) is 31.4 Å². The van der Waals surface area contributed by atoms with E-state index in [-0.39, 0.29) is 25.2 Å². The van der Waals surface area contributed by atoms with Crippen LogP contribution >= 0.6 is 0 Å². The maximum Gasteiger partial charge on any atom is 0.330 e. The lowest BCUT2D eigenvalue weighted by Gasteiger charge is -2.23. The Labute approximate surface area is 333 Å². The minimum atomic E-state index is -0.774. The summed E-state index contributed by atoms with van der Waals surface area (Å²) >= 11 is 0. The van der Waals surface area contributed by atoms with E-state index in [1.165, 1.54) is 38.5 Å². The minimum absolute atomic E-state index is 0.214. The molecule has 0 aromatic heterocycles. The molecule has 0 aromatic rings. The normalized spacial score (nSPS) is 13.5. The van der Waals surface area contributed by atoms with Gasteiger partial charge >= 0.3 is 23.9 Å². The molecule has 0 rings (SSSR count). The first kappa shape index (κ1) is 52.0. The molecule has 318 valence electrons. The summed E-state index contributed by atoms with van der Waals surface area (Å²) in [6.07, 6.45) is 27.1. The molecule has 0 spiro atoms. The smallest absolute Gasteiger partial charge is 0.330 e. The summed E-state index contributed by atoms with van der Waals surface area (Å²) in [5.41, 5.74) is 0. The summed E-state index contributed by atoms with van der Waals surface area (Å²) in [7, 11) is 0. The number of esters is 4. The van der Waals surface area contributed by atoms with Crippen LogP contribution in [0.3, 0.4) is 0 Å². The van der Waals surface area contributed by atoms with Crippen LogP contribution in [0, 0.1) is 0 Å². The average Bonchev–Trinajstić information content (AvgIpc) is 3.18. The van der Waals surface area contributed by atoms with Crippen molar-refractivity contribution in [2.75, 3.05) is 13.2 Å². The van der Waals surface area contributed by atoms with Crippen molar-refractivity contribution in [2.45, 2.75) is 212 Å². The van der Waals surface area contributed by atoms with Gasteiger partial charge in [0.05, 0.1) is 25.4 Å². The number of rotatable bonds is 39. The first-order chi connectivity index (χ1) is 26.7. The number of unbranched alkanes of at least 4 members (excludes halogenated alkanes) is 17.